The van der Waals surface area contributed by atoms with Crippen LogP contribution in [-0.4, -0.2) is 29.5 Å². The molecule has 0 fully saturated rings. The van der Waals surface area contributed by atoms with Crippen LogP contribution in [0.5, 0.6) is 0 Å². The zero-order chi connectivity index (χ0) is 27.7. The number of hydrogen-bond acceptors (Lipinski definition) is 3. The predicted molar refractivity (Wildman–Crippen MR) is 125 cm³/mol. The van der Waals surface area contributed by atoms with E-state index in [2.05, 4.69) is 0 Å². The van der Waals surface area contributed by atoms with Crippen LogP contribution in [0.2, 0.25) is 5.02 Å². The molecular formula is C25H25ClF6N2O3. The summed E-state index contributed by atoms with van der Waals surface area (Å²) in [7, 11) is 0. The van der Waals surface area contributed by atoms with Crippen molar-refractivity contribution in [2.45, 2.75) is 64.7 Å². The van der Waals surface area contributed by atoms with E-state index >= 15 is 0 Å². The molecule has 0 spiro atoms. The van der Waals surface area contributed by atoms with Gasteiger partial charge in [0.25, 0.3) is 0 Å². The number of alkyl halides is 6. The van der Waals surface area contributed by atoms with E-state index < -0.39 is 54.2 Å². The Kier molecular flexibility index (Phi) is 8.36. The molecule has 1 heterocycles. The quantitative estimate of drug-likeness (QED) is 0.368. The number of fused-ring (bicyclic) bond motifs is 1. The van der Waals surface area contributed by atoms with Gasteiger partial charge in [-0.15, -0.1) is 0 Å². The van der Waals surface area contributed by atoms with Gasteiger partial charge in [-0.25, -0.2) is 4.79 Å². The van der Waals surface area contributed by atoms with Crippen molar-refractivity contribution in [3.05, 3.63) is 63.7 Å². The van der Waals surface area contributed by atoms with Crippen molar-refractivity contribution in [1.29, 1.82) is 0 Å². The number of carbonyl (C=O) groups is 2. The molecule has 0 saturated heterocycles. The number of ether oxygens (including phenoxy) is 1. The van der Waals surface area contributed by atoms with Crippen LogP contribution in [0.1, 0.15) is 61.9 Å². The molecule has 2 aromatic rings. The number of anilines is 1. The van der Waals surface area contributed by atoms with Crippen LogP contribution in [0.25, 0.3) is 0 Å². The minimum absolute atomic E-state index is 0.0444. The third-order valence-electron chi connectivity index (χ3n) is 5.84. The molecule has 1 aliphatic heterocycles. The van der Waals surface area contributed by atoms with E-state index in [9.17, 15) is 35.9 Å². The van der Waals surface area contributed by atoms with Crippen LogP contribution >= 0.6 is 11.6 Å². The Labute approximate surface area is 214 Å². The lowest BCUT2D eigenvalue weighted by Gasteiger charge is -2.32. The summed E-state index contributed by atoms with van der Waals surface area (Å²) < 4.78 is 85.6. The Morgan fingerprint density at radius 3 is 2.16 bits per heavy atom. The lowest BCUT2D eigenvalue weighted by molar-refractivity contribution is -0.143. The second-order valence-corrected chi connectivity index (χ2v) is 9.44. The molecule has 12 heteroatoms. The Morgan fingerprint density at radius 2 is 1.65 bits per heavy atom. The average molecular weight is 551 g/mol. The van der Waals surface area contributed by atoms with Crippen molar-refractivity contribution >= 4 is 29.3 Å². The zero-order valence-corrected chi connectivity index (χ0v) is 21.0. The highest BCUT2D eigenvalue weighted by atomic mass is 35.5. The summed E-state index contributed by atoms with van der Waals surface area (Å²) in [6.45, 7) is 4.25. The van der Waals surface area contributed by atoms with E-state index in [1.807, 2.05) is 0 Å². The van der Waals surface area contributed by atoms with Gasteiger partial charge >= 0.3 is 18.4 Å². The molecule has 0 aliphatic carbocycles. The highest BCUT2D eigenvalue weighted by molar-refractivity contribution is 6.31. The number of hydrogen-bond donors (Lipinski definition) is 0. The topological polar surface area (TPSA) is 49.9 Å². The van der Waals surface area contributed by atoms with Crippen LogP contribution in [0.15, 0.2) is 36.4 Å². The van der Waals surface area contributed by atoms with E-state index in [0.29, 0.717) is 41.2 Å². The molecule has 2 amide bonds. The molecule has 1 unspecified atom stereocenters. The molecule has 0 radical (unpaired) electrons. The first kappa shape index (κ1) is 28.6. The molecule has 5 nitrogen and oxygen atoms in total. The van der Waals surface area contributed by atoms with Crippen molar-refractivity contribution in [1.82, 2.24) is 4.90 Å². The van der Waals surface area contributed by atoms with Crippen molar-refractivity contribution in [3.8, 4) is 0 Å². The molecule has 37 heavy (non-hydrogen) atoms. The second-order valence-electron chi connectivity index (χ2n) is 9.01. The van der Waals surface area contributed by atoms with Crippen molar-refractivity contribution in [2.75, 3.05) is 11.4 Å². The third kappa shape index (κ3) is 6.88. The number of nitrogens with zero attached hydrogens (tertiary/aromatic N) is 2. The maximum atomic E-state index is 13.4. The third-order valence-corrected chi connectivity index (χ3v) is 6.07. The second kappa shape index (κ2) is 10.8. The summed E-state index contributed by atoms with van der Waals surface area (Å²) >= 11 is 6.17. The number of carbonyl (C=O) groups excluding carboxylic acids is 2. The van der Waals surface area contributed by atoms with E-state index in [1.165, 1.54) is 28.9 Å². The fraction of sp³-hybridized carbons (Fsp3) is 0.440. The van der Waals surface area contributed by atoms with Gasteiger partial charge in [0.1, 0.15) is 0 Å². The minimum atomic E-state index is -5.01. The van der Waals surface area contributed by atoms with Gasteiger partial charge in [0.05, 0.1) is 29.0 Å². The van der Waals surface area contributed by atoms with Crippen LogP contribution in [0.4, 0.5) is 36.8 Å². The molecule has 3 rings (SSSR count). The fourth-order valence-corrected chi connectivity index (χ4v) is 4.44. The number of rotatable bonds is 4. The van der Waals surface area contributed by atoms with Gasteiger partial charge in [0.15, 0.2) is 0 Å². The van der Waals surface area contributed by atoms with Gasteiger partial charge in [-0.1, -0.05) is 17.7 Å². The molecule has 1 aliphatic rings. The van der Waals surface area contributed by atoms with Crippen molar-refractivity contribution in [3.63, 3.8) is 0 Å². The first-order valence-electron chi connectivity index (χ1n) is 11.4. The zero-order valence-electron chi connectivity index (χ0n) is 20.2. The normalized spacial score (nSPS) is 16.3. The predicted octanol–water partition coefficient (Wildman–Crippen LogP) is 7.61. The van der Waals surface area contributed by atoms with E-state index in [0.717, 1.165) is 0 Å². The van der Waals surface area contributed by atoms with Gasteiger partial charge in [0, 0.05) is 25.0 Å². The Morgan fingerprint density at radius 1 is 1.05 bits per heavy atom. The van der Waals surface area contributed by atoms with Gasteiger partial charge in [-0.3, -0.25) is 9.69 Å². The number of amides is 2. The van der Waals surface area contributed by atoms with E-state index in [4.69, 9.17) is 16.3 Å². The van der Waals surface area contributed by atoms with Crippen LogP contribution < -0.4 is 4.90 Å². The van der Waals surface area contributed by atoms with Crippen molar-refractivity contribution < 1.29 is 40.7 Å². The van der Waals surface area contributed by atoms with E-state index in [1.54, 1.807) is 19.9 Å². The summed E-state index contributed by atoms with van der Waals surface area (Å²) in [5, 5.41) is 0.295. The summed E-state index contributed by atoms with van der Waals surface area (Å²) in [5.41, 5.74) is -2.42. The molecule has 0 saturated carbocycles. The first-order valence-corrected chi connectivity index (χ1v) is 11.8. The van der Waals surface area contributed by atoms with E-state index in [-0.39, 0.29) is 18.2 Å². The van der Waals surface area contributed by atoms with Crippen LogP contribution in [-0.2, 0) is 28.4 Å². The summed E-state index contributed by atoms with van der Waals surface area (Å²) in [6.07, 6.45) is -10.4. The van der Waals surface area contributed by atoms with Gasteiger partial charge < -0.3 is 9.64 Å². The molecular weight excluding hydrogens is 526 g/mol. The maximum Gasteiger partial charge on any atom is 0.416 e. The number of benzene rings is 2. The standard InChI is InChI=1S/C25H25ClF6N2O3/c1-14(2)37-23(36)33-8-4-5-21(20-7-6-19(26)12-22(20)33)34(15(3)35)13-16-9-17(24(27,28)29)11-18(10-16)25(30,31)32/h6-7,9-12,14,21H,4-5,8,13H2,1-3H3. The highest BCUT2D eigenvalue weighted by Gasteiger charge is 2.38. The molecule has 0 bridgehead atoms. The summed E-state index contributed by atoms with van der Waals surface area (Å²) in [6, 6.07) is 5.16. The molecule has 2 aromatic carbocycles. The lowest BCUT2D eigenvalue weighted by atomic mass is 9.98. The highest BCUT2D eigenvalue weighted by Crippen LogP contribution is 2.41. The minimum Gasteiger partial charge on any atom is -0.446 e. The molecule has 0 N–H and O–H groups in total. The smallest absolute Gasteiger partial charge is 0.416 e. The average Bonchev–Trinajstić information content (AvgIpc) is 2.94. The Balaban J connectivity index is 2.07. The fourth-order valence-electron chi connectivity index (χ4n) is 4.28. The molecule has 1 atom stereocenters. The first-order chi connectivity index (χ1) is 17.1. The van der Waals surface area contributed by atoms with Crippen LogP contribution in [0.3, 0.4) is 0 Å². The number of halogens is 7. The van der Waals surface area contributed by atoms with Gasteiger partial charge in [-0.2, -0.15) is 26.3 Å². The molecule has 0 aromatic heterocycles. The summed E-state index contributed by atoms with van der Waals surface area (Å²) in [4.78, 5) is 28.1. The maximum absolute atomic E-state index is 13.4. The monoisotopic (exact) mass is 550 g/mol. The SMILES string of the molecule is CC(=O)N(Cc1cc(C(F)(F)F)cc(C(F)(F)F)c1)C1CCCN(C(=O)OC(C)C)c2cc(Cl)ccc21. The van der Waals surface area contributed by atoms with Gasteiger partial charge in [0.2, 0.25) is 5.91 Å². The Hall–Kier alpha value is -2.95. The summed E-state index contributed by atoms with van der Waals surface area (Å²) in [5.74, 6) is -0.560. The van der Waals surface area contributed by atoms with Gasteiger partial charge in [-0.05, 0) is 68.1 Å². The largest absolute Gasteiger partial charge is 0.446 e. The Bertz CT molecular complexity index is 1130. The van der Waals surface area contributed by atoms with Crippen molar-refractivity contribution in [2.24, 2.45) is 0 Å². The van der Waals surface area contributed by atoms with Crippen LogP contribution in [0, 0.1) is 0 Å². The lowest BCUT2D eigenvalue weighted by Crippen LogP contribution is -2.34. The molecule has 202 valence electrons.